The molecule has 0 bridgehead atoms. The molecule has 0 amide bonds. The van der Waals surface area contributed by atoms with Crippen molar-refractivity contribution in [3.63, 3.8) is 0 Å². The van der Waals surface area contributed by atoms with E-state index in [1.807, 2.05) is 7.11 Å². The van der Waals surface area contributed by atoms with Crippen LogP contribution in [0.3, 0.4) is 0 Å². The highest BCUT2D eigenvalue weighted by molar-refractivity contribution is 5.70. The number of carboxylic acids is 1. The quantitative estimate of drug-likeness (QED) is 0.0596. The first-order valence-corrected chi connectivity index (χ1v) is 41.4. The topological polar surface area (TPSA) is 66.8 Å². The highest BCUT2D eigenvalue weighted by atomic mass is 16.5. The third kappa shape index (κ3) is 61.3. The Kier molecular flexibility index (Phi) is 67.6. The van der Waals surface area contributed by atoms with Crippen LogP contribution in [0.5, 0.6) is 0 Å². The van der Waals surface area contributed by atoms with E-state index in [1.54, 1.807) is 6.42 Å². The average molecular weight is 1230 g/mol. The predicted octanol–water partition coefficient (Wildman–Crippen LogP) is 29.1. The fraction of sp³-hybridized carbons (Fsp3) is 0.988. The summed E-state index contributed by atoms with van der Waals surface area (Å²) in [6.45, 7) is 7.06. The molecule has 0 aliphatic heterocycles. The maximum absolute atomic E-state index is 12.0. The van der Waals surface area contributed by atoms with Crippen molar-refractivity contribution in [1.29, 1.82) is 0 Å². The zero-order valence-corrected chi connectivity index (χ0v) is 60.6. The molecule has 4 nitrogen and oxygen atoms in total. The number of methoxy groups -OCH3 is 1. The van der Waals surface area contributed by atoms with Crippen molar-refractivity contribution in [3.05, 3.63) is 0 Å². The zero-order chi connectivity index (χ0) is 62.7. The Morgan fingerprint density at radius 2 is 0.517 bits per heavy atom. The first-order chi connectivity index (χ1) is 42.9. The molecule has 520 valence electrons. The van der Waals surface area contributed by atoms with Gasteiger partial charge < -0.3 is 14.9 Å². The number of hydrogen-bond donors (Lipinski definition) is 2. The fourth-order valence-corrected chi connectivity index (χ4v) is 15.1. The number of ether oxygens (including phenoxy) is 1. The Balaban J connectivity index is 1.77. The average Bonchev–Trinajstić information content (AvgIpc) is 3.79. The molecule has 1 aliphatic carbocycles. The maximum atomic E-state index is 12.0. The second kappa shape index (κ2) is 69.7. The van der Waals surface area contributed by atoms with Crippen LogP contribution in [0.1, 0.15) is 483 Å². The van der Waals surface area contributed by atoms with Crippen LogP contribution < -0.4 is 0 Å². The van der Waals surface area contributed by atoms with Gasteiger partial charge in [-0.1, -0.05) is 451 Å². The third-order valence-corrected chi connectivity index (χ3v) is 21.6. The van der Waals surface area contributed by atoms with E-state index in [2.05, 4.69) is 20.8 Å². The van der Waals surface area contributed by atoms with Gasteiger partial charge in [0.25, 0.3) is 0 Å². The molecule has 0 saturated heterocycles. The van der Waals surface area contributed by atoms with Gasteiger partial charge in [-0.2, -0.15) is 0 Å². The van der Waals surface area contributed by atoms with Crippen LogP contribution in [-0.4, -0.2) is 35.5 Å². The zero-order valence-electron chi connectivity index (χ0n) is 60.6. The summed E-state index contributed by atoms with van der Waals surface area (Å²) in [7, 11) is 1.96. The molecule has 2 N–H and O–H groups in total. The molecule has 0 heterocycles. The van der Waals surface area contributed by atoms with Gasteiger partial charge in [0.15, 0.2) is 0 Å². The second-order valence-corrected chi connectivity index (χ2v) is 30.0. The first kappa shape index (κ1) is 84.4. The van der Waals surface area contributed by atoms with Crippen molar-refractivity contribution >= 4 is 5.97 Å². The summed E-state index contributed by atoms with van der Waals surface area (Å²) in [5, 5.41) is 20.6. The number of rotatable bonds is 77. The molecule has 0 aromatic rings. The minimum Gasteiger partial charge on any atom is -0.481 e. The smallest absolute Gasteiger partial charge is 0.309 e. The van der Waals surface area contributed by atoms with Crippen LogP contribution in [0.4, 0.5) is 0 Å². The van der Waals surface area contributed by atoms with E-state index < -0.39 is 18.0 Å². The lowest BCUT2D eigenvalue weighted by Crippen LogP contribution is -2.28. The minimum absolute atomic E-state index is 0.469. The van der Waals surface area contributed by atoms with Crippen molar-refractivity contribution < 1.29 is 19.7 Å². The Bertz CT molecular complexity index is 1300. The molecule has 1 aliphatic rings. The van der Waals surface area contributed by atoms with E-state index in [-0.39, 0.29) is 0 Å². The fourth-order valence-electron chi connectivity index (χ4n) is 15.1. The molecule has 1 saturated carbocycles. The van der Waals surface area contributed by atoms with E-state index in [1.165, 1.54) is 417 Å². The van der Waals surface area contributed by atoms with Gasteiger partial charge in [-0.15, -0.1) is 0 Å². The SMILES string of the molecule is CCCCCCCCCCCCCCCCCCCCCCCC[C@@H](C(=O)O)[C@H](O)CCCCCCCCCCCCCCC[C@@H]1C[C@@H]1CCCCCCCCCCCCCCCC[C@@H](OC)[C@H](C)CCCCCCCCCCCCCCCCCC. The van der Waals surface area contributed by atoms with Gasteiger partial charge in [-0.05, 0) is 49.9 Å². The largest absolute Gasteiger partial charge is 0.481 e. The van der Waals surface area contributed by atoms with Crippen LogP contribution in [-0.2, 0) is 9.53 Å². The summed E-state index contributed by atoms with van der Waals surface area (Å²) >= 11 is 0. The number of carboxylic acid groups (broad SMARTS) is 1. The van der Waals surface area contributed by atoms with Crippen molar-refractivity contribution in [1.82, 2.24) is 0 Å². The number of unbranched alkanes of at least 4 members (excludes halogenated alkanes) is 61. The van der Waals surface area contributed by atoms with Crippen LogP contribution >= 0.6 is 0 Å². The normalized spacial score (nSPS) is 15.6. The lowest BCUT2D eigenvalue weighted by Gasteiger charge is -2.22. The predicted molar refractivity (Wildman–Crippen MR) is 388 cm³/mol. The highest BCUT2D eigenvalue weighted by Crippen LogP contribution is 2.46. The Morgan fingerprint density at radius 1 is 0.310 bits per heavy atom. The van der Waals surface area contributed by atoms with Crippen molar-refractivity contribution in [2.75, 3.05) is 7.11 Å². The summed E-state index contributed by atoms with van der Waals surface area (Å²) in [6, 6.07) is 0. The van der Waals surface area contributed by atoms with Gasteiger partial charge >= 0.3 is 5.97 Å². The minimum atomic E-state index is -0.798. The summed E-state index contributed by atoms with van der Waals surface area (Å²) < 4.78 is 5.98. The van der Waals surface area contributed by atoms with Crippen molar-refractivity contribution in [2.45, 2.75) is 495 Å². The molecule has 6 atom stereocenters. The molecule has 0 aromatic heterocycles. The summed E-state index contributed by atoms with van der Waals surface area (Å²) in [5.41, 5.74) is 0. The molecule has 0 radical (unpaired) electrons. The van der Waals surface area contributed by atoms with Gasteiger partial charge in [0.05, 0.1) is 18.1 Å². The third-order valence-electron chi connectivity index (χ3n) is 21.6. The summed E-state index contributed by atoms with van der Waals surface area (Å²) in [4.78, 5) is 12.0. The van der Waals surface area contributed by atoms with Gasteiger partial charge in [-0.3, -0.25) is 4.79 Å². The molecule has 4 heteroatoms. The highest BCUT2D eigenvalue weighted by Gasteiger charge is 2.35. The number of aliphatic hydroxyl groups excluding tert-OH is 1. The second-order valence-electron chi connectivity index (χ2n) is 30.0. The molecule has 0 unspecified atom stereocenters. The van der Waals surface area contributed by atoms with Crippen LogP contribution in [0.15, 0.2) is 0 Å². The van der Waals surface area contributed by atoms with Crippen LogP contribution in [0.2, 0.25) is 0 Å². The summed E-state index contributed by atoms with van der Waals surface area (Å²) in [5.74, 6) is 1.49. The van der Waals surface area contributed by atoms with Crippen LogP contribution in [0.25, 0.3) is 0 Å². The van der Waals surface area contributed by atoms with E-state index >= 15 is 0 Å². The van der Waals surface area contributed by atoms with Gasteiger partial charge in [0.1, 0.15) is 0 Å². The van der Waals surface area contributed by atoms with E-state index in [4.69, 9.17) is 4.74 Å². The molecule has 1 rings (SSSR count). The number of hydrogen-bond acceptors (Lipinski definition) is 3. The Morgan fingerprint density at radius 3 is 0.759 bits per heavy atom. The molecule has 0 aromatic carbocycles. The Hall–Kier alpha value is -0.610. The number of carbonyl (C=O) groups is 1. The molecular formula is C83H164O4. The molecular weight excluding hydrogens is 1060 g/mol. The van der Waals surface area contributed by atoms with Crippen molar-refractivity contribution in [3.8, 4) is 0 Å². The summed E-state index contributed by atoms with van der Waals surface area (Å²) in [6.07, 6.45) is 99.1. The van der Waals surface area contributed by atoms with Gasteiger partial charge in [0, 0.05) is 7.11 Å². The van der Waals surface area contributed by atoms with Gasteiger partial charge in [-0.25, -0.2) is 0 Å². The number of aliphatic hydroxyl groups is 1. The Labute approximate surface area is 549 Å². The van der Waals surface area contributed by atoms with Gasteiger partial charge in [0.2, 0.25) is 0 Å². The lowest BCUT2D eigenvalue weighted by molar-refractivity contribution is -0.146. The van der Waals surface area contributed by atoms with E-state index in [9.17, 15) is 15.0 Å². The lowest BCUT2D eigenvalue weighted by atomic mass is 9.91. The first-order valence-electron chi connectivity index (χ1n) is 41.4. The monoisotopic (exact) mass is 1230 g/mol. The van der Waals surface area contributed by atoms with E-state index in [0.717, 1.165) is 37.5 Å². The van der Waals surface area contributed by atoms with Crippen LogP contribution in [0, 0.1) is 23.7 Å². The molecule has 1 fully saturated rings. The van der Waals surface area contributed by atoms with Crippen molar-refractivity contribution in [2.24, 2.45) is 23.7 Å². The number of aliphatic carboxylic acids is 1. The standard InChI is InChI=1S/C83H164O4/c1-5-7-9-11-13-15-17-19-21-23-24-25-26-27-28-30-37-43-49-55-61-67-73-80(83(85)86)81(84)74-68-62-56-50-44-38-33-36-42-48-54-60-66-72-79-76-78(79)71-65-59-53-47-41-35-31-32-39-45-51-57-63-69-75-82(87-4)77(3)70-64-58-52-46-40-34-29-22-20-18-16-14-12-10-8-6-2/h77-82,84H,5-76H2,1-4H3,(H,85,86)/t77-,78+,79-,80-,81-,82-/m1/s1. The molecule has 0 spiro atoms. The van der Waals surface area contributed by atoms with E-state index in [0.29, 0.717) is 24.9 Å². The maximum Gasteiger partial charge on any atom is 0.309 e. The molecule has 87 heavy (non-hydrogen) atoms.